The second-order valence-corrected chi connectivity index (χ2v) is 10.6. The molecular formula is C29H26FN5O5. The molecule has 2 aliphatic heterocycles. The van der Waals surface area contributed by atoms with Crippen LogP contribution in [0.2, 0.25) is 0 Å². The molecular weight excluding hydrogens is 517 g/mol. The maximum Gasteiger partial charge on any atom is 0.313 e. The maximum absolute atomic E-state index is 15.0. The van der Waals surface area contributed by atoms with Crippen molar-refractivity contribution in [1.29, 1.82) is 0 Å². The first-order chi connectivity index (χ1) is 19.3. The lowest BCUT2D eigenvalue weighted by atomic mass is 9.81. The summed E-state index contributed by atoms with van der Waals surface area (Å²) in [6.45, 7) is 3.51. The summed E-state index contributed by atoms with van der Waals surface area (Å²) in [5.74, 6) is -1.66. The number of rotatable bonds is 4. The monoisotopic (exact) mass is 543 g/mol. The van der Waals surface area contributed by atoms with Gasteiger partial charge in [0.25, 0.3) is 11.5 Å². The van der Waals surface area contributed by atoms with Crippen LogP contribution in [0.1, 0.15) is 81.3 Å². The number of hydrogen-bond donors (Lipinski definition) is 3. The Balaban J connectivity index is 1.43. The first-order valence-corrected chi connectivity index (χ1v) is 13.3. The predicted molar refractivity (Wildman–Crippen MR) is 141 cm³/mol. The van der Waals surface area contributed by atoms with Crippen LogP contribution < -0.4 is 10.9 Å². The molecule has 0 saturated carbocycles. The van der Waals surface area contributed by atoms with Crippen molar-refractivity contribution in [3.8, 4) is 11.4 Å². The van der Waals surface area contributed by atoms with Gasteiger partial charge in [-0.15, -0.1) is 0 Å². The predicted octanol–water partition coefficient (Wildman–Crippen LogP) is 3.06. The van der Waals surface area contributed by atoms with Gasteiger partial charge >= 0.3 is 5.97 Å². The molecule has 2 atom stereocenters. The van der Waals surface area contributed by atoms with E-state index >= 15 is 4.39 Å². The highest BCUT2D eigenvalue weighted by Crippen LogP contribution is 2.45. The van der Waals surface area contributed by atoms with Crippen LogP contribution in [0, 0.1) is 12.7 Å². The summed E-state index contributed by atoms with van der Waals surface area (Å²) in [6.07, 6.45) is 1.55. The molecule has 1 aliphatic carbocycles. The van der Waals surface area contributed by atoms with Gasteiger partial charge in [-0.1, -0.05) is 6.92 Å². The number of benzene rings is 1. The summed E-state index contributed by atoms with van der Waals surface area (Å²) in [6, 6.07) is 4.32. The number of aromatic amines is 1. The van der Waals surface area contributed by atoms with E-state index < -0.39 is 17.9 Å². The normalized spacial score (nSPS) is 18.8. The highest BCUT2D eigenvalue weighted by Gasteiger charge is 2.37. The van der Waals surface area contributed by atoms with Crippen LogP contribution in [0.15, 0.2) is 23.0 Å². The van der Waals surface area contributed by atoms with Gasteiger partial charge in [-0.05, 0) is 60.6 Å². The number of aliphatic hydroxyl groups excluding tert-OH is 1. The number of carbonyl (C=O) groups is 2. The zero-order valence-electron chi connectivity index (χ0n) is 21.9. The average Bonchev–Trinajstić information content (AvgIpc) is 3.58. The number of pyridine rings is 2. The number of H-pyrrole nitrogens is 1. The number of amides is 1. The molecule has 7 rings (SSSR count). The summed E-state index contributed by atoms with van der Waals surface area (Å²) in [5, 5.41) is 19.9. The van der Waals surface area contributed by atoms with E-state index in [4.69, 9.17) is 9.72 Å². The fourth-order valence-corrected chi connectivity index (χ4v) is 6.51. The molecule has 3 aliphatic rings. The topological polar surface area (TPSA) is 139 Å². The van der Waals surface area contributed by atoms with E-state index in [0.717, 1.165) is 22.1 Å². The minimum atomic E-state index is -0.540. The maximum atomic E-state index is 15.0. The van der Waals surface area contributed by atoms with Crippen molar-refractivity contribution in [2.75, 3.05) is 0 Å². The number of esters is 1. The molecule has 0 saturated heterocycles. The first kappa shape index (κ1) is 24.6. The van der Waals surface area contributed by atoms with E-state index in [9.17, 15) is 19.5 Å². The molecule has 1 aromatic carbocycles. The van der Waals surface area contributed by atoms with Crippen LogP contribution in [0.3, 0.4) is 0 Å². The zero-order chi connectivity index (χ0) is 27.9. The van der Waals surface area contributed by atoms with Gasteiger partial charge in [0.1, 0.15) is 18.1 Å². The molecule has 204 valence electrons. The van der Waals surface area contributed by atoms with Crippen LogP contribution in [0.5, 0.6) is 0 Å². The lowest BCUT2D eigenvalue weighted by molar-refractivity contribution is -0.148. The summed E-state index contributed by atoms with van der Waals surface area (Å²) in [7, 11) is 0. The Bertz CT molecular complexity index is 1840. The number of halogens is 1. The van der Waals surface area contributed by atoms with Crippen LogP contribution in [0.4, 0.5) is 4.39 Å². The third-order valence-corrected chi connectivity index (χ3v) is 8.54. The van der Waals surface area contributed by atoms with Gasteiger partial charge in [0, 0.05) is 17.0 Å². The average molecular weight is 544 g/mol. The Hall–Kier alpha value is -4.38. The smallest absolute Gasteiger partial charge is 0.313 e. The standard InChI is InChI=1S/C29H26FN5O5/c1-3-14-16-7-23-26-17(9-35(23)28(38)18(16)11-40-29(14)39)25-20(32-27(37)22-6-13(10-36)33-34-22)5-4-15-12(2)19(30)8-21(31-26)24(15)25/h6-8,14,20,36H,3-5,9-11H2,1-2H3,(H,32,37)(H,33,34). The van der Waals surface area contributed by atoms with Gasteiger partial charge in [-0.25, -0.2) is 9.37 Å². The highest BCUT2D eigenvalue weighted by atomic mass is 19.1. The van der Waals surface area contributed by atoms with Crippen LogP contribution >= 0.6 is 0 Å². The third kappa shape index (κ3) is 3.40. The Kier molecular flexibility index (Phi) is 5.43. The molecule has 4 aromatic rings. The molecule has 3 N–H and O–H groups in total. The van der Waals surface area contributed by atoms with Gasteiger partial charge in [0.2, 0.25) is 0 Å². The molecule has 5 heterocycles. The molecule has 10 nitrogen and oxygen atoms in total. The minimum Gasteiger partial charge on any atom is -0.460 e. The molecule has 2 unspecified atom stereocenters. The fourth-order valence-electron chi connectivity index (χ4n) is 6.51. The molecule has 11 heteroatoms. The Morgan fingerprint density at radius 1 is 1.25 bits per heavy atom. The van der Waals surface area contributed by atoms with Crippen LogP contribution in [-0.2, 0) is 35.7 Å². The lowest BCUT2D eigenvalue weighted by Gasteiger charge is -2.29. The molecule has 0 radical (unpaired) electrons. The number of aryl methyl sites for hydroxylation is 1. The van der Waals surface area contributed by atoms with Crippen molar-refractivity contribution in [1.82, 2.24) is 25.1 Å². The minimum absolute atomic E-state index is 0.0743. The summed E-state index contributed by atoms with van der Waals surface area (Å²) in [5.41, 5.74) is 6.03. The number of nitrogens with zero attached hydrogens (tertiary/aromatic N) is 3. The van der Waals surface area contributed by atoms with Gasteiger partial charge in [-0.2, -0.15) is 5.10 Å². The quantitative estimate of drug-likeness (QED) is 0.296. The van der Waals surface area contributed by atoms with E-state index in [0.29, 0.717) is 58.6 Å². The van der Waals surface area contributed by atoms with Crippen molar-refractivity contribution < 1.29 is 23.8 Å². The van der Waals surface area contributed by atoms with Crippen LogP contribution in [-0.4, -0.2) is 36.7 Å². The number of cyclic esters (lactones) is 1. The van der Waals surface area contributed by atoms with Gasteiger partial charge in [0.05, 0.1) is 53.3 Å². The lowest BCUT2D eigenvalue weighted by Crippen LogP contribution is -2.33. The van der Waals surface area contributed by atoms with Gasteiger partial charge in [-0.3, -0.25) is 19.5 Å². The number of aliphatic hydroxyl groups is 1. The molecule has 0 fully saturated rings. The summed E-state index contributed by atoms with van der Waals surface area (Å²) in [4.78, 5) is 44.2. The number of nitrogens with one attached hydrogen (secondary N) is 2. The molecule has 1 amide bonds. The first-order valence-electron chi connectivity index (χ1n) is 13.3. The summed E-state index contributed by atoms with van der Waals surface area (Å²) < 4.78 is 22.0. The molecule has 0 bridgehead atoms. The van der Waals surface area contributed by atoms with Crippen molar-refractivity contribution >= 4 is 22.8 Å². The van der Waals surface area contributed by atoms with E-state index in [2.05, 4.69) is 15.5 Å². The molecule has 40 heavy (non-hydrogen) atoms. The third-order valence-electron chi connectivity index (χ3n) is 8.54. The fraction of sp³-hybridized carbons (Fsp3) is 0.345. The van der Waals surface area contributed by atoms with E-state index in [1.807, 2.05) is 13.0 Å². The second-order valence-electron chi connectivity index (χ2n) is 10.6. The van der Waals surface area contributed by atoms with E-state index in [1.165, 1.54) is 12.1 Å². The largest absolute Gasteiger partial charge is 0.460 e. The van der Waals surface area contributed by atoms with Crippen LogP contribution in [0.25, 0.3) is 22.3 Å². The SMILES string of the molecule is CCC1C(=O)OCc2c1cc1n(c2=O)Cc2c-1nc1cc(F)c(C)c3c1c2C(NC(=O)c1cc(CO)[nH]n1)CC3. The zero-order valence-corrected chi connectivity index (χ0v) is 21.9. The summed E-state index contributed by atoms with van der Waals surface area (Å²) >= 11 is 0. The van der Waals surface area contributed by atoms with Crippen molar-refractivity contribution in [3.63, 3.8) is 0 Å². The second kappa shape index (κ2) is 8.82. The van der Waals surface area contributed by atoms with E-state index in [1.54, 1.807) is 11.5 Å². The van der Waals surface area contributed by atoms with Gasteiger partial charge < -0.3 is 19.7 Å². The highest BCUT2D eigenvalue weighted by molar-refractivity contribution is 5.96. The number of ether oxygens (including phenoxy) is 1. The Morgan fingerprint density at radius 3 is 2.83 bits per heavy atom. The van der Waals surface area contributed by atoms with Crippen molar-refractivity contribution in [2.45, 2.75) is 64.8 Å². The number of aromatic nitrogens is 4. The van der Waals surface area contributed by atoms with Gasteiger partial charge in [0.15, 0.2) is 0 Å². The van der Waals surface area contributed by atoms with Crippen molar-refractivity contribution in [3.05, 3.63) is 79.1 Å². The Morgan fingerprint density at radius 2 is 2.08 bits per heavy atom. The molecule has 3 aromatic heterocycles. The van der Waals surface area contributed by atoms with Crippen molar-refractivity contribution in [2.24, 2.45) is 0 Å². The number of hydrogen-bond acceptors (Lipinski definition) is 7. The van der Waals surface area contributed by atoms with E-state index in [-0.39, 0.29) is 42.8 Å². The Labute approximate surface area is 227 Å². The number of fused-ring (bicyclic) bond motifs is 5. The number of carbonyl (C=O) groups excluding carboxylic acids is 2. The molecule has 0 spiro atoms.